The highest BCUT2D eigenvalue weighted by Gasteiger charge is 2.32. The molecule has 0 radical (unpaired) electrons. The summed E-state index contributed by atoms with van der Waals surface area (Å²) in [6, 6.07) is 17.4. The van der Waals surface area contributed by atoms with E-state index >= 15 is 0 Å². The molecular formula is C24H29N3O3S. The molecule has 1 aliphatic rings. The van der Waals surface area contributed by atoms with Crippen molar-refractivity contribution in [3.05, 3.63) is 65.7 Å². The lowest BCUT2D eigenvalue weighted by atomic mass is 9.91. The fourth-order valence-corrected chi connectivity index (χ4v) is 5.70. The molecule has 0 saturated carbocycles. The van der Waals surface area contributed by atoms with Crippen LogP contribution in [0.25, 0.3) is 0 Å². The van der Waals surface area contributed by atoms with E-state index in [2.05, 4.69) is 10.8 Å². The zero-order chi connectivity index (χ0) is 22.4. The number of carbonyl (C=O) groups is 1. The molecule has 2 aromatic rings. The number of sulfonamides is 1. The summed E-state index contributed by atoms with van der Waals surface area (Å²) in [5, 5.41) is 0. The van der Waals surface area contributed by atoms with Crippen molar-refractivity contribution in [3.8, 4) is 12.3 Å². The Morgan fingerprint density at radius 3 is 2.23 bits per heavy atom. The Morgan fingerprint density at radius 1 is 1.06 bits per heavy atom. The molecular weight excluding hydrogens is 410 g/mol. The zero-order valence-corrected chi connectivity index (χ0v) is 18.6. The van der Waals surface area contributed by atoms with Crippen molar-refractivity contribution < 1.29 is 13.2 Å². The van der Waals surface area contributed by atoms with Crippen molar-refractivity contribution in [2.24, 2.45) is 11.7 Å². The number of piperazine rings is 1. The van der Waals surface area contributed by atoms with E-state index in [9.17, 15) is 13.2 Å². The van der Waals surface area contributed by atoms with Gasteiger partial charge in [-0.05, 0) is 42.2 Å². The average molecular weight is 440 g/mol. The highest BCUT2D eigenvalue weighted by atomic mass is 32.2. The van der Waals surface area contributed by atoms with Crippen LogP contribution in [-0.2, 0) is 14.8 Å². The number of nitrogens with zero attached hydrogens (tertiary/aromatic N) is 2. The van der Waals surface area contributed by atoms with Gasteiger partial charge in [0.2, 0.25) is 15.9 Å². The maximum absolute atomic E-state index is 13.0. The molecule has 0 aromatic heterocycles. The molecule has 1 aliphatic heterocycles. The van der Waals surface area contributed by atoms with Crippen LogP contribution >= 0.6 is 0 Å². The SMILES string of the molecule is C#Cc1ccc(N2CCN(S(=O)(=O)CC(C[C@H](C)c3ccccc3)C(N)=O)CC2)cc1. The first-order chi connectivity index (χ1) is 14.8. The summed E-state index contributed by atoms with van der Waals surface area (Å²) >= 11 is 0. The normalized spacial score (nSPS) is 17.0. The lowest BCUT2D eigenvalue weighted by Gasteiger charge is -2.36. The van der Waals surface area contributed by atoms with Crippen molar-refractivity contribution >= 4 is 21.6 Å². The predicted molar refractivity (Wildman–Crippen MR) is 124 cm³/mol. The Labute approximate surface area is 185 Å². The van der Waals surface area contributed by atoms with Crippen molar-refractivity contribution in [1.82, 2.24) is 4.31 Å². The Bertz CT molecular complexity index is 1020. The highest BCUT2D eigenvalue weighted by molar-refractivity contribution is 7.89. The van der Waals surface area contributed by atoms with Gasteiger partial charge in [0.15, 0.2) is 0 Å². The third-order valence-corrected chi connectivity index (χ3v) is 7.83. The smallest absolute Gasteiger partial charge is 0.221 e. The number of carbonyl (C=O) groups excluding carboxylic acids is 1. The Hall–Kier alpha value is -2.82. The van der Waals surface area contributed by atoms with Gasteiger partial charge < -0.3 is 10.6 Å². The summed E-state index contributed by atoms with van der Waals surface area (Å²) in [7, 11) is -3.59. The van der Waals surface area contributed by atoms with E-state index in [0.717, 1.165) is 16.8 Å². The van der Waals surface area contributed by atoms with Crippen LogP contribution in [0.1, 0.15) is 30.4 Å². The van der Waals surface area contributed by atoms with Crippen LogP contribution in [0, 0.1) is 18.3 Å². The van der Waals surface area contributed by atoms with Crippen molar-refractivity contribution in [3.63, 3.8) is 0 Å². The van der Waals surface area contributed by atoms with Gasteiger partial charge in [0.05, 0.1) is 11.7 Å². The Kier molecular flexibility index (Phi) is 7.37. The van der Waals surface area contributed by atoms with Crippen LogP contribution in [0.4, 0.5) is 5.69 Å². The van der Waals surface area contributed by atoms with Crippen molar-refractivity contribution in [1.29, 1.82) is 0 Å². The summed E-state index contributed by atoms with van der Waals surface area (Å²) in [6.45, 7) is 3.90. The lowest BCUT2D eigenvalue weighted by molar-refractivity contribution is -0.121. The van der Waals surface area contributed by atoms with Crippen LogP contribution < -0.4 is 10.6 Å². The van der Waals surface area contributed by atoms with Crippen LogP contribution in [0.15, 0.2) is 54.6 Å². The van der Waals surface area contributed by atoms with Crippen LogP contribution in [0.2, 0.25) is 0 Å². The van der Waals surface area contributed by atoms with Crippen molar-refractivity contribution in [2.45, 2.75) is 19.3 Å². The summed E-state index contributed by atoms with van der Waals surface area (Å²) in [4.78, 5) is 14.2. The number of nitrogens with two attached hydrogens (primary N) is 1. The van der Waals surface area contributed by atoms with Gasteiger partial charge in [0.25, 0.3) is 0 Å². The summed E-state index contributed by atoms with van der Waals surface area (Å²) in [5.41, 5.74) is 8.47. The molecule has 0 bridgehead atoms. The number of rotatable bonds is 8. The first kappa shape index (κ1) is 22.9. The number of terminal acetylenes is 1. The molecule has 0 aliphatic carbocycles. The van der Waals surface area contributed by atoms with E-state index in [-0.39, 0.29) is 11.7 Å². The molecule has 1 heterocycles. The van der Waals surface area contributed by atoms with Gasteiger partial charge in [-0.2, -0.15) is 4.31 Å². The van der Waals surface area contributed by atoms with E-state index in [1.54, 1.807) is 0 Å². The van der Waals surface area contributed by atoms with Crippen molar-refractivity contribution in [2.75, 3.05) is 36.8 Å². The Morgan fingerprint density at radius 2 is 1.68 bits per heavy atom. The van der Waals surface area contributed by atoms with Gasteiger partial charge >= 0.3 is 0 Å². The average Bonchev–Trinajstić information content (AvgIpc) is 2.79. The third-order valence-electron chi connectivity index (χ3n) is 5.85. The molecule has 2 N–H and O–H groups in total. The van der Waals surface area contributed by atoms with Gasteiger partial charge in [0, 0.05) is 37.4 Å². The summed E-state index contributed by atoms with van der Waals surface area (Å²) in [5.74, 6) is 1.08. The minimum Gasteiger partial charge on any atom is -0.369 e. The molecule has 7 heteroatoms. The minimum absolute atomic E-state index is 0.0386. The molecule has 1 unspecified atom stereocenters. The topological polar surface area (TPSA) is 83.7 Å². The van der Waals surface area contributed by atoms with Crippen LogP contribution in [0.3, 0.4) is 0 Å². The summed E-state index contributed by atoms with van der Waals surface area (Å²) < 4.78 is 27.5. The fourth-order valence-electron chi connectivity index (χ4n) is 3.96. The molecule has 164 valence electrons. The van der Waals surface area contributed by atoms with Gasteiger partial charge in [-0.3, -0.25) is 4.79 Å². The van der Waals surface area contributed by atoms with Crippen LogP contribution in [0.5, 0.6) is 0 Å². The zero-order valence-electron chi connectivity index (χ0n) is 17.8. The van der Waals surface area contributed by atoms with Gasteiger partial charge in [0.1, 0.15) is 0 Å². The highest BCUT2D eigenvalue weighted by Crippen LogP contribution is 2.25. The van der Waals surface area contributed by atoms with Gasteiger partial charge in [-0.25, -0.2) is 8.42 Å². The maximum atomic E-state index is 13.0. The van der Waals surface area contributed by atoms with E-state index in [0.29, 0.717) is 32.6 Å². The van der Waals surface area contributed by atoms with E-state index in [1.165, 1.54) is 4.31 Å². The number of amides is 1. The van der Waals surface area contributed by atoms with Crippen LogP contribution in [-0.4, -0.2) is 50.6 Å². The van der Waals surface area contributed by atoms with Gasteiger partial charge in [-0.1, -0.05) is 43.2 Å². The molecule has 2 aromatic carbocycles. The largest absolute Gasteiger partial charge is 0.369 e. The standard InChI is InChI=1S/C24H29N3O3S/c1-3-20-9-11-23(12-10-20)26-13-15-27(16-14-26)31(29,30)18-22(24(25)28)17-19(2)21-7-5-4-6-8-21/h1,4-12,19,22H,13-18H2,2H3,(H2,25,28)/t19-,22?/m0/s1. The second-order valence-electron chi connectivity index (χ2n) is 8.00. The van der Waals surface area contributed by atoms with Gasteiger partial charge in [-0.15, -0.1) is 6.42 Å². The Balaban J connectivity index is 1.61. The number of benzene rings is 2. The lowest BCUT2D eigenvalue weighted by Crippen LogP contribution is -2.50. The second-order valence-corrected chi connectivity index (χ2v) is 10.0. The molecule has 1 fully saturated rings. The molecule has 1 amide bonds. The minimum atomic E-state index is -3.59. The molecule has 1 saturated heterocycles. The first-order valence-corrected chi connectivity index (χ1v) is 12.0. The molecule has 0 spiro atoms. The second kappa shape index (κ2) is 9.99. The number of primary amides is 1. The number of hydrogen-bond donors (Lipinski definition) is 1. The third kappa shape index (κ3) is 5.87. The monoisotopic (exact) mass is 439 g/mol. The van der Waals surface area contributed by atoms with E-state index in [4.69, 9.17) is 12.2 Å². The molecule has 2 atom stereocenters. The molecule has 6 nitrogen and oxygen atoms in total. The fraction of sp³-hybridized carbons (Fsp3) is 0.375. The molecule has 31 heavy (non-hydrogen) atoms. The summed E-state index contributed by atoms with van der Waals surface area (Å²) in [6.07, 6.45) is 5.80. The quantitative estimate of drug-likeness (QED) is 0.641. The van der Waals surface area contributed by atoms with E-state index < -0.39 is 21.8 Å². The first-order valence-electron chi connectivity index (χ1n) is 10.4. The maximum Gasteiger partial charge on any atom is 0.221 e. The molecule has 3 rings (SSSR count). The number of anilines is 1. The van der Waals surface area contributed by atoms with E-state index in [1.807, 2.05) is 61.5 Å². The predicted octanol–water partition coefficient (Wildman–Crippen LogP) is 2.42. The number of hydrogen-bond acceptors (Lipinski definition) is 4.